The van der Waals surface area contributed by atoms with Crippen LogP contribution in [0.3, 0.4) is 0 Å². The molecule has 1 unspecified atom stereocenters. The molecule has 2 aromatic carbocycles. The van der Waals surface area contributed by atoms with E-state index >= 15 is 0 Å². The first-order valence-corrected chi connectivity index (χ1v) is 12.2. The maximum absolute atomic E-state index is 14.5. The van der Waals surface area contributed by atoms with Crippen molar-refractivity contribution in [3.63, 3.8) is 0 Å². The number of carbonyl (C=O) groups is 1. The Morgan fingerprint density at radius 1 is 1.13 bits per heavy atom. The van der Waals surface area contributed by atoms with E-state index in [1.165, 1.54) is 24.3 Å². The summed E-state index contributed by atoms with van der Waals surface area (Å²) in [6.07, 6.45) is 1.95. The SMILES string of the molecule is O=C(CCNS(=O)(=O)c1cccc(Cl)c1)NCC(c1c(F)cccc1Cl)N1CCCC1. The summed E-state index contributed by atoms with van der Waals surface area (Å²) in [5.74, 6) is -0.751. The van der Waals surface area contributed by atoms with Gasteiger partial charge in [0.15, 0.2) is 0 Å². The largest absolute Gasteiger partial charge is 0.354 e. The van der Waals surface area contributed by atoms with E-state index in [-0.39, 0.29) is 36.4 Å². The first-order valence-electron chi connectivity index (χ1n) is 9.98. The third kappa shape index (κ3) is 6.40. The maximum atomic E-state index is 14.5. The number of nitrogens with one attached hydrogen (secondary N) is 2. The molecular formula is C21H24Cl2FN3O3S. The molecule has 1 saturated heterocycles. The number of benzene rings is 2. The Balaban J connectivity index is 1.57. The number of sulfonamides is 1. The summed E-state index contributed by atoms with van der Waals surface area (Å²) in [4.78, 5) is 14.5. The highest BCUT2D eigenvalue weighted by atomic mass is 35.5. The van der Waals surface area contributed by atoms with Crippen LogP contribution in [0.5, 0.6) is 0 Å². The minimum Gasteiger partial charge on any atom is -0.354 e. The summed E-state index contributed by atoms with van der Waals surface area (Å²) in [6.45, 7) is 1.70. The predicted octanol–water partition coefficient (Wildman–Crippen LogP) is 3.75. The average molecular weight is 488 g/mol. The predicted molar refractivity (Wildman–Crippen MR) is 119 cm³/mol. The van der Waals surface area contributed by atoms with Crippen molar-refractivity contribution in [1.29, 1.82) is 0 Å². The van der Waals surface area contributed by atoms with Crippen LogP contribution in [0.2, 0.25) is 10.0 Å². The van der Waals surface area contributed by atoms with Crippen molar-refractivity contribution in [2.24, 2.45) is 0 Å². The number of likely N-dealkylation sites (tertiary alicyclic amines) is 1. The van der Waals surface area contributed by atoms with E-state index < -0.39 is 15.8 Å². The van der Waals surface area contributed by atoms with Gasteiger partial charge in [0.25, 0.3) is 0 Å². The van der Waals surface area contributed by atoms with Gasteiger partial charge in [0.1, 0.15) is 5.82 Å². The number of amides is 1. The first kappa shape index (κ1) is 23.9. The van der Waals surface area contributed by atoms with E-state index in [0.29, 0.717) is 15.6 Å². The summed E-state index contributed by atoms with van der Waals surface area (Å²) in [5.41, 5.74) is 0.369. The van der Waals surface area contributed by atoms with E-state index in [1.54, 1.807) is 18.2 Å². The highest BCUT2D eigenvalue weighted by Crippen LogP contribution is 2.32. The Morgan fingerprint density at radius 3 is 2.52 bits per heavy atom. The molecule has 0 radical (unpaired) electrons. The standard InChI is InChI=1S/C21H24Cl2FN3O3S/c22-15-5-3-6-16(13-15)31(29,30)26-10-9-20(28)25-14-19(27-11-1-2-12-27)21-17(23)7-4-8-18(21)24/h3-8,13,19,26H,1-2,9-12,14H2,(H,25,28). The molecule has 6 nitrogen and oxygen atoms in total. The third-order valence-electron chi connectivity index (χ3n) is 5.16. The lowest BCUT2D eigenvalue weighted by Crippen LogP contribution is -2.38. The van der Waals surface area contributed by atoms with E-state index in [9.17, 15) is 17.6 Å². The Hall–Kier alpha value is -1.71. The molecule has 1 fully saturated rings. The van der Waals surface area contributed by atoms with Crippen LogP contribution in [0, 0.1) is 5.82 Å². The van der Waals surface area contributed by atoms with Crippen LogP contribution in [-0.2, 0) is 14.8 Å². The van der Waals surface area contributed by atoms with Crippen LogP contribution in [0.1, 0.15) is 30.9 Å². The zero-order valence-corrected chi connectivity index (χ0v) is 19.1. The van der Waals surface area contributed by atoms with Crippen molar-refractivity contribution in [2.45, 2.75) is 30.2 Å². The van der Waals surface area contributed by atoms with Crippen molar-refractivity contribution >= 4 is 39.1 Å². The monoisotopic (exact) mass is 487 g/mol. The van der Waals surface area contributed by atoms with Crippen molar-refractivity contribution in [3.8, 4) is 0 Å². The lowest BCUT2D eigenvalue weighted by Gasteiger charge is -2.29. The molecule has 3 rings (SSSR count). The molecule has 0 aliphatic carbocycles. The molecule has 1 heterocycles. The van der Waals surface area contributed by atoms with Crippen LogP contribution in [0.4, 0.5) is 4.39 Å². The molecule has 168 valence electrons. The normalized spacial score (nSPS) is 15.7. The summed E-state index contributed by atoms with van der Waals surface area (Å²) in [7, 11) is -3.77. The van der Waals surface area contributed by atoms with Gasteiger partial charge in [-0.15, -0.1) is 0 Å². The summed E-state index contributed by atoms with van der Waals surface area (Å²) >= 11 is 12.1. The summed E-state index contributed by atoms with van der Waals surface area (Å²) < 4.78 is 41.5. The fraction of sp³-hybridized carbons (Fsp3) is 0.381. The molecule has 31 heavy (non-hydrogen) atoms. The summed E-state index contributed by atoms with van der Waals surface area (Å²) in [6, 6.07) is 10.0. The zero-order chi connectivity index (χ0) is 22.4. The molecule has 0 saturated carbocycles. The number of carbonyl (C=O) groups excluding carboxylic acids is 1. The van der Waals surface area contributed by atoms with Crippen molar-refractivity contribution in [2.75, 3.05) is 26.2 Å². The van der Waals surface area contributed by atoms with Crippen LogP contribution < -0.4 is 10.0 Å². The molecular weight excluding hydrogens is 464 g/mol. The van der Waals surface area contributed by atoms with Crippen LogP contribution in [-0.4, -0.2) is 45.4 Å². The van der Waals surface area contributed by atoms with Gasteiger partial charge < -0.3 is 5.32 Å². The number of hydrogen-bond acceptors (Lipinski definition) is 4. The van der Waals surface area contributed by atoms with Gasteiger partial charge in [-0.2, -0.15) is 0 Å². The number of nitrogens with zero attached hydrogens (tertiary/aromatic N) is 1. The molecule has 1 aliphatic rings. The molecule has 1 aliphatic heterocycles. The van der Waals surface area contributed by atoms with Crippen LogP contribution >= 0.6 is 23.2 Å². The van der Waals surface area contributed by atoms with Crippen LogP contribution in [0.25, 0.3) is 0 Å². The Kier molecular flexibility index (Phi) is 8.30. The molecule has 1 atom stereocenters. The number of halogens is 3. The molecule has 0 bridgehead atoms. The summed E-state index contributed by atoms with van der Waals surface area (Å²) in [5, 5.41) is 3.41. The lowest BCUT2D eigenvalue weighted by molar-refractivity contribution is -0.121. The topological polar surface area (TPSA) is 78.5 Å². The highest BCUT2D eigenvalue weighted by molar-refractivity contribution is 7.89. The van der Waals surface area contributed by atoms with Gasteiger partial charge in [-0.25, -0.2) is 17.5 Å². The van der Waals surface area contributed by atoms with E-state index in [0.717, 1.165) is 25.9 Å². The van der Waals surface area contributed by atoms with Gasteiger partial charge in [0.2, 0.25) is 15.9 Å². The second kappa shape index (κ2) is 10.7. The second-order valence-electron chi connectivity index (χ2n) is 7.30. The Labute approximate surface area is 191 Å². The molecule has 1 amide bonds. The fourth-order valence-corrected chi connectivity index (χ4v) is 5.23. The molecule has 10 heteroatoms. The van der Waals surface area contributed by atoms with Crippen LogP contribution in [0.15, 0.2) is 47.4 Å². The lowest BCUT2D eigenvalue weighted by atomic mass is 10.0. The molecule has 2 aromatic rings. The molecule has 2 N–H and O–H groups in total. The third-order valence-corrected chi connectivity index (χ3v) is 7.18. The van der Waals surface area contributed by atoms with Gasteiger partial charge in [-0.3, -0.25) is 9.69 Å². The Bertz CT molecular complexity index is 1010. The van der Waals surface area contributed by atoms with Gasteiger partial charge in [-0.1, -0.05) is 35.3 Å². The number of rotatable bonds is 9. The van der Waals surface area contributed by atoms with Crippen molar-refractivity contribution < 1.29 is 17.6 Å². The van der Waals surface area contributed by atoms with E-state index in [1.807, 2.05) is 0 Å². The smallest absolute Gasteiger partial charge is 0.240 e. The second-order valence-corrected chi connectivity index (χ2v) is 9.91. The van der Waals surface area contributed by atoms with Crippen molar-refractivity contribution in [1.82, 2.24) is 14.9 Å². The van der Waals surface area contributed by atoms with Gasteiger partial charge in [0, 0.05) is 35.1 Å². The quantitative estimate of drug-likeness (QED) is 0.564. The average Bonchev–Trinajstić information content (AvgIpc) is 3.24. The van der Waals surface area contributed by atoms with Crippen molar-refractivity contribution in [3.05, 3.63) is 63.9 Å². The Morgan fingerprint density at radius 2 is 1.84 bits per heavy atom. The van der Waals surface area contributed by atoms with Gasteiger partial charge in [-0.05, 0) is 56.3 Å². The van der Waals surface area contributed by atoms with E-state index in [4.69, 9.17) is 23.2 Å². The minimum absolute atomic E-state index is 0.0312. The fourth-order valence-electron chi connectivity index (χ4n) is 3.61. The van der Waals surface area contributed by atoms with Gasteiger partial charge in [0.05, 0.1) is 10.9 Å². The highest BCUT2D eigenvalue weighted by Gasteiger charge is 2.28. The molecule has 0 aromatic heterocycles. The molecule has 0 spiro atoms. The first-order chi connectivity index (χ1) is 14.8. The zero-order valence-electron chi connectivity index (χ0n) is 16.8. The minimum atomic E-state index is -3.77. The van der Waals surface area contributed by atoms with E-state index in [2.05, 4.69) is 14.9 Å². The maximum Gasteiger partial charge on any atom is 0.240 e. The van der Waals surface area contributed by atoms with Gasteiger partial charge >= 0.3 is 0 Å². The number of hydrogen-bond donors (Lipinski definition) is 2.